The van der Waals surface area contributed by atoms with Gasteiger partial charge in [-0.25, -0.2) is 0 Å². The van der Waals surface area contributed by atoms with E-state index in [-0.39, 0.29) is 11.8 Å². The van der Waals surface area contributed by atoms with Crippen LogP contribution in [-0.4, -0.2) is 41.9 Å². The second-order valence-electron chi connectivity index (χ2n) is 9.00. The third-order valence-corrected chi connectivity index (χ3v) is 6.68. The van der Waals surface area contributed by atoms with E-state index in [4.69, 9.17) is 0 Å². The summed E-state index contributed by atoms with van der Waals surface area (Å²) in [6, 6.07) is 17.3. The number of aryl methyl sites for hydroxylation is 1. The first kappa shape index (κ1) is 21.1. The number of hydrogen-bond acceptors (Lipinski definition) is 3. The van der Waals surface area contributed by atoms with E-state index < -0.39 is 0 Å². The summed E-state index contributed by atoms with van der Waals surface area (Å²) in [5.41, 5.74) is 5.31. The van der Waals surface area contributed by atoms with E-state index in [1.165, 1.54) is 48.2 Å². The molecule has 2 saturated heterocycles. The van der Waals surface area contributed by atoms with Crippen molar-refractivity contribution in [3.8, 4) is 0 Å². The molecule has 2 fully saturated rings. The number of likely N-dealkylation sites (tertiary alicyclic amines) is 2. The van der Waals surface area contributed by atoms with Crippen molar-refractivity contribution < 1.29 is 4.79 Å². The van der Waals surface area contributed by atoms with Crippen LogP contribution in [0.25, 0.3) is 0 Å². The summed E-state index contributed by atoms with van der Waals surface area (Å²) in [6.45, 7) is 9.25. The minimum Gasteiger partial charge on any atom is -0.352 e. The van der Waals surface area contributed by atoms with Gasteiger partial charge in [-0.1, -0.05) is 48.5 Å². The van der Waals surface area contributed by atoms with Gasteiger partial charge in [0.1, 0.15) is 0 Å². The van der Waals surface area contributed by atoms with Gasteiger partial charge >= 0.3 is 0 Å². The number of carbonyl (C=O) groups is 1. The fourth-order valence-electron chi connectivity index (χ4n) is 4.75. The topological polar surface area (TPSA) is 35.6 Å². The number of nitrogens with one attached hydrogen (secondary N) is 1. The lowest BCUT2D eigenvalue weighted by atomic mass is 9.95. The average Bonchev–Trinajstić information content (AvgIpc) is 3.27. The van der Waals surface area contributed by atoms with Crippen molar-refractivity contribution in [1.29, 1.82) is 0 Å². The van der Waals surface area contributed by atoms with Gasteiger partial charge in [0.25, 0.3) is 0 Å². The van der Waals surface area contributed by atoms with Crippen LogP contribution in [0, 0.1) is 12.8 Å². The second kappa shape index (κ2) is 10.2. The first-order chi connectivity index (χ1) is 14.7. The van der Waals surface area contributed by atoms with Crippen LogP contribution >= 0.6 is 0 Å². The highest BCUT2D eigenvalue weighted by Crippen LogP contribution is 2.21. The maximum atomic E-state index is 12.7. The molecule has 0 spiro atoms. The zero-order valence-corrected chi connectivity index (χ0v) is 18.3. The number of carbonyl (C=O) groups excluding carboxylic acids is 1. The summed E-state index contributed by atoms with van der Waals surface area (Å²) in [5.74, 6) is 0.362. The van der Waals surface area contributed by atoms with Gasteiger partial charge in [0, 0.05) is 25.6 Å². The highest BCUT2D eigenvalue weighted by atomic mass is 16.1. The van der Waals surface area contributed by atoms with E-state index >= 15 is 0 Å². The van der Waals surface area contributed by atoms with Crippen LogP contribution in [0.15, 0.2) is 48.5 Å². The Balaban J connectivity index is 1.22. The van der Waals surface area contributed by atoms with Crippen molar-refractivity contribution in [1.82, 2.24) is 15.1 Å². The predicted molar refractivity (Wildman–Crippen MR) is 122 cm³/mol. The van der Waals surface area contributed by atoms with Gasteiger partial charge in [-0.15, -0.1) is 0 Å². The van der Waals surface area contributed by atoms with Crippen LogP contribution in [0.3, 0.4) is 0 Å². The molecule has 0 saturated carbocycles. The molecule has 2 aliphatic heterocycles. The molecule has 0 unspecified atom stereocenters. The molecular weight excluding hydrogens is 370 g/mol. The lowest BCUT2D eigenvalue weighted by molar-refractivity contribution is -0.126. The zero-order chi connectivity index (χ0) is 20.8. The summed E-state index contributed by atoms with van der Waals surface area (Å²) in [7, 11) is 0. The zero-order valence-electron chi connectivity index (χ0n) is 18.3. The molecule has 2 aromatic carbocycles. The Kier molecular flexibility index (Phi) is 7.19. The molecule has 2 heterocycles. The molecule has 0 bridgehead atoms. The van der Waals surface area contributed by atoms with E-state index in [1.807, 2.05) is 0 Å². The largest absolute Gasteiger partial charge is 0.352 e. The van der Waals surface area contributed by atoms with Gasteiger partial charge in [0.05, 0.1) is 0 Å². The number of rotatable bonds is 7. The van der Waals surface area contributed by atoms with Crippen molar-refractivity contribution in [3.05, 3.63) is 70.8 Å². The molecule has 0 atom stereocenters. The van der Waals surface area contributed by atoms with E-state index in [0.717, 1.165) is 39.0 Å². The fourth-order valence-corrected chi connectivity index (χ4v) is 4.75. The highest BCUT2D eigenvalue weighted by Gasteiger charge is 2.25. The maximum Gasteiger partial charge on any atom is 0.223 e. The normalized spacial score (nSPS) is 18.6. The van der Waals surface area contributed by atoms with E-state index in [2.05, 4.69) is 70.6 Å². The van der Waals surface area contributed by atoms with E-state index in [0.29, 0.717) is 6.54 Å². The molecular formula is C26H35N3O. The fraction of sp³-hybridized carbons (Fsp3) is 0.500. The highest BCUT2D eigenvalue weighted by molar-refractivity contribution is 5.78. The second-order valence-corrected chi connectivity index (χ2v) is 9.00. The average molecular weight is 406 g/mol. The lowest BCUT2D eigenvalue weighted by Crippen LogP contribution is -2.40. The third kappa shape index (κ3) is 5.71. The molecule has 0 radical (unpaired) electrons. The number of piperidine rings is 1. The Hall–Kier alpha value is -2.17. The minimum absolute atomic E-state index is 0.144. The van der Waals surface area contributed by atoms with Crippen molar-refractivity contribution in [3.63, 3.8) is 0 Å². The molecule has 4 nitrogen and oxygen atoms in total. The summed E-state index contributed by atoms with van der Waals surface area (Å²) in [6.07, 6.45) is 4.54. The van der Waals surface area contributed by atoms with Crippen LogP contribution in [0.4, 0.5) is 0 Å². The molecule has 1 N–H and O–H groups in total. The van der Waals surface area contributed by atoms with Crippen LogP contribution in [0.2, 0.25) is 0 Å². The summed E-state index contributed by atoms with van der Waals surface area (Å²) in [5, 5.41) is 3.19. The standard InChI is InChI=1S/C26H35N3O/c1-21-7-2-3-10-25(21)20-29-15-11-24(12-16-29)26(30)27-18-22-8-6-9-23(17-22)19-28-13-4-5-14-28/h2-3,6-10,17,24H,4-5,11-16,18-20H2,1H3,(H,27,30). The SMILES string of the molecule is Cc1ccccc1CN1CCC(C(=O)NCc2cccc(CN3CCCC3)c2)CC1. The number of amides is 1. The van der Waals surface area contributed by atoms with Gasteiger partial charge in [-0.05, 0) is 81.0 Å². The predicted octanol–water partition coefficient (Wildman–Crippen LogP) is 4.12. The van der Waals surface area contributed by atoms with Crippen molar-refractivity contribution in [2.24, 2.45) is 5.92 Å². The smallest absolute Gasteiger partial charge is 0.223 e. The molecule has 4 rings (SSSR count). The van der Waals surface area contributed by atoms with Crippen molar-refractivity contribution in [2.75, 3.05) is 26.2 Å². The molecule has 160 valence electrons. The Bertz CT molecular complexity index is 836. The van der Waals surface area contributed by atoms with Crippen LogP contribution in [-0.2, 0) is 24.4 Å². The molecule has 0 aromatic heterocycles. The minimum atomic E-state index is 0.144. The Morgan fingerprint density at radius 3 is 2.37 bits per heavy atom. The van der Waals surface area contributed by atoms with Gasteiger partial charge in [0.2, 0.25) is 5.91 Å². The summed E-state index contributed by atoms with van der Waals surface area (Å²) in [4.78, 5) is 17.7. The van der Waals surface area contributed by atoms with Crippen molar-refractivity contribution >= 4 is 5.91 Å². The van der Waals surface area contributed by atoms with Gasteiger partial charge in [0.15, 0.2) is 0 Å². The number of hydrogen-bond donors (Lipinski definition) is 1. The summed E-state index contributed by atoms with van der Waals surface area (Å²) >= 11 is 0. The van der Waals surface area contributed by atoms with Gasteiger partial charge in [-0.2, -0.15) is 0 Å². The third-order valence-electron chi connectivity index (χ3n) is 6.68. The molecule has 4 heteroatoms. The van der Waals surface area contributed by atoms with Gasteiger partial charge in [-0.3, -0.25) is 14.6 Å². The molecule has 2 aromatic rings. The Morgan fingerprint density at radius 1 is 0.900 bits per heavy atom. The Labute approximate surface area is 181 Å². The number of nitrogens with zero attached hydrogens (tertiary/aromatic N) is 2. The first-order valence-corrected chi connectivity index (χ1v) is 11.5. The number of benzene rings is 2. The van der Waals surface area contributed by atoms with Crippen LogP contribution in [0.5, 0.6) is 0 Å². The Morgan fingerprint density at radius 2 is 1.60 bits per heavy atom. The van der Waals surface area contributed by atoms with E-state index in [1.54, 1.807) is 0 Å². The molecule has 0 aliphatic carbocycles. The molecule has 30 heavy (non-hydrogen) atoms. The summed E-state index contributed by atoms with van der Waals surface area (Å²) < 4.78 is 0. The lowest BCUT2D eigenvalue weighted by Gasteiger charge is -2.31. The maximum absolute atomic E-state index is 12.7. The quantitative estimate of drug-likeness (QED) is 0.753. The van der Waals surface area contributed by atoms with Crippen LogP contribution in [0.1, 0.15) is 47.9 Å². The molecule has 2 aliphatic rings. The monoisotopic (exact) mass is 405 g/mol. The van der Waals surface area contributed by atoms with Crippen molar-refractivity contribution in [2.45, 2.75) is 52.2 Å². The molecule has 1 amide bonds. The first-order valence-electron chi connectivity index (χ1n) is 11.5. The van der Waals surface area contributed by atoms with Gasteiger partial charge < -0.3 is 5.32 Å². The van der Waals surface area contributed by atoms with Crippen LogP contribution < -0.4 is 5.32 Å². The van der Waals surface area contributed by atoms with E-state index in [9.17, 15) is 4.79 Å².